The lowest BCUT2D eigenvalue weighted by molar-refractivity contribution is -0.136. The first-order valence-corrected chi connectivity index (χ1v) is 6.45. The van der Waals surface area contributed by atoms with E-state index in [9.17, 15) is 9.59 Å². The van der Waals surface area contributed by atoms with Crippen molar-refractivity contribution in [2.45, 2.75) is 19.3 Å². The molecule has 0 aromatic heterocycles. The van der Waals surface area contributed by atoms with Gasteiger partial charge in [-0.2, -0.15) is 0 Å². The van der Waals surface area contributed by atoms with Gasteiger partial charge in [0, 0.05) is 27.8 Å². The molecule has 0 radical (unpaired) electrons. The van der Waals surface area contributed by atoms with Gasteiger partial charge in [-0.05, 0) is 23.8 Å². The number of imide groups is 1. The van der Waals surface area contributed by atoms with Gasteiger partial charge in [-0.1, -0.05) is 34.5 Å². The molecule has 1 saturated heterocycles. The van der Waals surface area contributed by atoms with Crippen LogP contribution < -0.4 is 5.32 Å². The first-order chi connectivity index (χ1) is 7.99. The predicted molar refractivity (Wildman–Crippen MR) is 68.8 cm³/mol. The molecule has 2 atom stereocenters. The molecule has 0 spiro atoms. The highest BCUT2D eigenvalue weighted by molar-refractivity contribution is 9.10. The molecule has 1 aliphatic rings. The summed E-state index contributed by atoms with van der Waals surface area (Å²) < 4.78 is 0.891. The Bertz CT molecular complexity index is 489. The van der Waals surface area contributed by atoms with E-state index >= 15 is 0 Å². The molecule has 2 unspecified atom stereocenters. The molecular formula is C12H11BrClNO2. The number of nitrogens with one attached hydrogen (secondary N) is 1. The summed E-state index contributed by atoms with van der Waals surface area (Å²) >= 11 is 9.50. The number of halogens is 2. The summed E-state index contributed by atoms with van der Waals surface area (Å²) in [6.07, 6.45) is 0.295. The van der Waals surface area contributed by atoms with Crippen LogP contribution in [0.3, 0.4) is 0 Å². The van der Waals surface area contributed by atoms with Gasteiger partial charge in [0.15, 0.2) is 0 Å². The molecule has 3 nitrogen and oxygen atoms in total. The van der Waals surface area contributed by atoms with Crippen LogP contribution in [0.5, 0.6) is 0 Å². The van der Waals surface area contributed by atoms with Crippen LogP contribution in [-0.2, 0) is 9.59 Å². The highest BCUT2D eigenvalue weighted by Crippen LogP contribution is 2.36. The first kappa shape index (κ1) is 12.6. The molecule has 1 aromatic carbocycles. The Morgan fingerprint density at radius 2 is 2.12 bits per heavy atom. The van der Waals surface area contributed by atoms with E-state index in [1.807, 2.05) is 19.1 Å². The number of carbonyl (C=O) groups is 2. The minimum Gasteiger partial charge on any atom is -0.296 e. The highest BCUT2D eigenvalue weighted by atomic mass is 79.9. The van der Waals surface area contributed by atoms with Crippen molar-refractivity contribution >= 4 is 39.3 Å². The van der Waals surface area contributed by atoms with Crippen molar-refractivity contribution in [1.82, 2.24) is 5.32 Å². The van der Waals surface area contributed by atoms with Crippen LogP contribution in [0.1, 0.15) is 24.8 Å². The van der Waals surface area contributed by atoms with Crippen molar-refractivity contribution in [3.8, 4) is 0 Å². The lowest BCUT2D eigenvalue weighted by Gasteiger charge is -2.28. The highest BCUT2D eigenvalue weighted by Gasteiger charge is 2.34. The zero-order valence-electron chi connectivity index (χ0n) is 9.17. The van der Waals surface area contributed by atoms with Crippen LogP contribution in [0.2, 0.25) is 5.02 Å². The zero-order chi connectivity index (χ0) is 12.6. The third-order valence-electron chi connectivity index (χ3n) is 3.04. The van der Waals surface area contributed by atoms with Crippen molar-refractivity contribution in [3.05, 3.63) is 33.3 Å². The third-order valence-corrected chi connectivity index (χ3v) is 3.88. The van der Waals surface area contributed by atoms with E-state index in [4.69, 9.17) is 11.6 Å². The van der Waals surface area contributed by atoms with Crippen LogP contribution in [0.25, 0.3) is 0 Å². The number of piperidine rings is 1. The average Bonchev–Trinajstić information content (AvgIpc) is 2.27. The van der Waals surface area contributed by atoms with E-state index in [2.05, 4.69) is 21.2 Å². The monoisotopic (exact) mass is 315 g/mol. The quantitative estimate of drug-likeness (QED) is 0.810. The Kier molecular flexibility index (Phi) is 3.54. The van der Waals surface area contributed by atoms with E-state index in [1.165, 1.54) is 0 Å². The molecule has 2 amide bonds. The number of benzene rings is 1. The second-order valence-electron chi connectivity index (χ2n) is 4.18. The second kappa shape index (κ2) is 4.78. The molecule has 90 valence electrons. The average molecular weight is 317 g/mol. The molecule has 0 aliphatic carbocycles. The van der Waals surface area contributed by atoms with Gasteiger partial charge in [0.1, 0.15) is 0 Å². The fraction of sp³-hybridized carbons (Fsp3) is 0.333. The number of amides is 2. The minimum absolute atomic E-state index is 0.152. The van der Waals surface area contributed by atoms with Crippen LogP contribution >= 0.6 is 27.5 Å². The molecule has 5 heteroatoms. The molecule has 0 saturated carbocycles. The van der Waals surface area contributed by atoms with Gasteiger partial charge in [0.25, 0.3) is 0 Å². The summed E-state index contributed by atoms with van der Waals surface area (Å²) in [6.45, 7) is 1.81. The molecule has 17 heavy (non-hydrogen) atoms. The van der Waals surface area contributed by atoms with Crippen molar-refractivity contribution in [2.24, 2.45) is 5.92 Å². The van der Waals surface area contributed by atoms with Crippen molar-refractivity contribution in [3.63, 3.8) is 0 Å². The Morgan fingerprint density at radius 1 is 1.41 bits per heavy atom. The topological polar surface area (TPSA) is 46.2 Å². The Morgan fingerprint density at radius 3 is 2.82 bits per heavy atom. The number of hydrogen-bond donors (Lipinski definition) is 1. The predicted octanol–water partition coefficient (Wildman–Crippen LogP) is 2.87. The van der Waals surface area contributed by atoms with E-state index in [0.29, 0.717) is 11.4 Å². The fourth-order valence-electron chi connectivity index (χ4n) is 2.04. The summed E-state index contributed by atoms with van der Waals surface area (Å²) in [5.41, 5.74) is 0.844. The maximum atomic E-state index is 11.6. The summed E-state index contributed by atoms with van der Waals surface area (Å²) in [4.78, 5) is 23.0. The smallest absolute Gasteiger partial charge is 0.230 e. The van der Waals surface area contributed by atoms with Crippen LogP contribution in [-0.4, -0.2) is 11.8 Å². The van der Waals surface area contributed by atoms with Gasteiger partial charge in [0.2, 0.25) is 11.8 Å². The first-order valence-electron chi connectivity index (χ1n) is 5.27. The van der Waals surface area contributed by atoms with Crippen molar-refractivity contribution < 1.29 is 9.59 Å². The lowest BCUT2D eigenvalue weighted by Crippen LogP contribution is -2.43. The fourth-order valence-corrected chi connectivity index (χ4v) is 2.68. The normalized spacial score (nSPS) is 24.6. The standard InChI is InChI=1S/C12H11BrClNO2/c1-6-8(5-11(16)15-12(6)17)9-4-7(13)2-3-10(9)14/h2-4,6,8H,5H2,1H3,(H,15,16,17). The molecule has 1 N–H and O–H groups in total. The second-order valence-corrected chi connectivity index (χ2v) is 5.50. The van der Waals surface area contributed by atoms with Crippen LogP contribution in [0.15, 0.2) is 22.7 Å². The molecule has 0 bridgehead atoms. The SMILES string of the molecule is CC1C(=O)NC(=O)CC1c1cc(Br)ccc1Cl. The molecule has 2 rings (SSSR count). The number of rotatable bonds is 1. The Balaban J connectivity index is 2.40. The number of hydrogen-bond acceptors (Lipinski definition) is 2. The van der Waals surface area contributed by atoms with E-state index in [-0.39, 0.29) is 23.7 Å². The summed E-state index contributed by atoms with van der Waals surface area (Å²) in [5, 5.41) is 2.92. The van der Waals surface area contributed by atoms with Gasteiger partial charge in [-0.25, -0.2) is 0 Å². The summed E-state index contributed by atoms with van der Waals surface area (Å²) in [5.74, 6) is -0.878. The minimum atomic E-state index is -0.250. The van der Waals surface area contributed by atoms with Gasteiger partial charge >= 0.3 is 0 Å². The van der Waals surface area contributed by atoms with Crippen molar-refractivity contribution in [2.75, 3.05) is 0 Å². The third kappa shape index (κ3) is 2.53. The molecule has 1 heterocycles. The zero-order valence-corrected chi connectivity index (χ0v) is 11.5. The van der Waals surface area contributed by atoms with E-state index in [1.54, 1.807) is 6.07 Å². The van der Waals surface area contributed by atoms with Crippen LogP contribution in [0.4, 0.5) is 0 Å². The Hall–Kier alpha value is -0.870. The van der Waals surface area contributed by atoms with Crippen molar-refractivity contribution in [1.29, 1.82) is 0 Å². The maximum absolute atomic E-state index is 11.6. The van der Waals surface area contributed by atoms with Gasteiger partial charge in [-0.3, -0.25) is 14.9 Å². The summed E-state index contributed by atoms with van der Waals surface area (Å²) in [6, 6.07) is 5.47. The maximum Gasteiger partial charge on any atom is 0.230 e. The molecule has 1 aliphatic heterocycles. The van der Waals surface area contributed by atoms with Gasteiger partial charge < -0.3 is 0 Å². The number of carbonyl (C=O) groups excluding carboxylic acids is 2. The van der Waals surface area contributed by atoms with E-state index in [0.717, 1.165) is 10.0 Å². The summed E-state index contributed by atoms with van der Waals surface area (Å²) in [7, 11) is 0. The lowest BCUT2D eigenvalue weighted by atomic mass is 9.81. The molecular weight excluding hydrogens is 305 g/mol. The molecule has 1 fully saturated rings. The largest absolute Gasteiger partial charge is 0.296 e. The van der Waals surface area contributed by atoms with Gasteiger partial charge in [-0.15, -0.1) is 0 Å². The van der Waals surface area contributed by atoms with Gasteiger partial charge in [0.05, 0.1) is 0 Å². The van der Waals surface area contributed by atoms with E-state index < -0.39 is 0 Å². The Labute approximate surface area is 113 Å². The molecule has 1 aromatic rings. The van der Waals surface area contributed by atoms with Crippen LogP contribution in [0, 0.1) is 5.92 Å².